The van der Waals surface area contributed by atoms with Gasteiger partial charge in [-0.1, -0.05) is 48.5 Å². The van der Waals surface area contributed by atoms with E-state index in [-0.39, 0.29) is 23.8 Å². The number of fused-ring (bicyclic) bond motifs is 2. The van der Waals surface area contributed by atoms with E-state index in [9.17, 15) is 14.4 Å². The maximum atomic E-state index is 13.9. The van der Waals surface area contributed by atoms with Gasteiger partial charge in [0.2, 0.25) is 11.9 Å². The number of nitrogens with zero attached hydrogens (tertiary/aromatic N) is 7. The number of benzene rings is 6. The molecule has 3 saturated heterocycles. The van der Waals surface area contributed by atoms with Crippen LogP contribution < -0.4 is 44.3 Å². The summed E-state index contributed by atoms with van der Waals surface area (Å²) in [4.78, 5) is 60.6. The van der Waals surface area contributed by atoms with E-state index in [0.29, 0.717) is 64.2 Å². The van der Waals surface area contributed by atoms with E-state index in [4.69, 9.17) is 23.9 Å². The molecule has 7 aromatic rings. The molecule has 1 aromatic heterocycles. The molecule has 2 N–H and O–H groups in total. The van der Waals surface area contributed by atoms with Crippen LogP contribution in [0.5, 0.6) is 23.0 Å². The van der Waals surface area contributed by atoms with Crippen LogP contribution >= 0.6 is 0 Å². The smallest absolute Gasteiger partial charge is 0.260 e. The van der Waals surface area contributed by atoms with Crippen molar-refractivity contribution in [1.82, 2.24) is 19.8 Å². The van der Waals surface area contributed by atoms with Crippen LogP contribution in [0.1, 0.15) is 66.2 Å². The Labute approximate surface area is 474 Å². The first-order valence-electron chi connectivity index (χ1n) is 28.3. The summed E-state index contributed by atoms with van der Waals surface area (Å²) >= 11 is 0. The summed E-state index contributed by atoms with van der Waals surface area (Å²) in [5.41, 5.74) is 8.84. The van der Waals surface area contributed by atoms with E-state index >= 15 is 0 Å². The van der Waals surface area contributed by atoms with E-state index in [2.05, 4.69) is 54.6 Å². The van der Waals surface area contributed by atoms with E-state index < -0.39 is 0 Å². The number of carbonyl (C=O) groups excluding carboxylic acids is 3. The third kappa shape index (κ3) is 12.1. The van der Waals surface area contributed by atoms with Gasteiger partial charge in [-0.25, -0.2) is 4.98 Å². The molecule has 0 saturated carbocycles. The van der Waals surface area contributed by atoms with Crippen molar-refractivity contribution in [2.75, 3.05) is 106 Å². The maximum Gasteiger partial charge on any atom is 0.260 e. The number of amides is 3. The van der Waals surface area contributed by atoms with Crippen molar-refractivity contribution < 1.29 is 33.3 Å². The number of aromatic nitrogens is 2. The second-order valence-electron chi connectivity index (χ2n) is 21.4. The molecular formula is C65H71N9O7. The monoisotopic (exact) mass is 1090 g/mol. The number of anilines is 7. The number of ether oxygens (including phenoxy) is 4. The van der Waals surface area contributed by atoms with Crippen LogP contribution in [0.3, 0.4) is 0 Å². The summed E-state index contributed by atoms with van der Waals surface area (Å²) in [5, 5.41) is 6.42. The first-order valence-corrected chi connectivity index (χ1v) is 28.3. The van der Waals surface area contributed by atoms with Crippen LogP contribution in [-0.4, -0.2) is 124 Å². The Kier molecular flexibility index (Phi) is 16.4. The fourth-order valence-corrected chi connectivity index (χ4v) is 11.8. The Balaban J connectivity index is 0.601. The van der Waals surface area contributed by atoms with Gasteiger partial charge in [-0.2, -0.15) is 4.98 Å². The van der Waals surface area contributed by atoms with Crippen molar-refractivity contribution in [3.8, 4) is 45.3 Å². The Morgan fingerprint density at radius 2 is 1.40 bits per heavy atom. The van der Waals surface area contributed by atoms with Crippen molar-refractivity contribution in [1.29, 1.82) is 0 Å². The number of para-hydroxylation sites is 1. The van der Waals surface area contributed by atoms with Crippen molar-refractivity contribution in [3.63, 3.8) is 0 Å². The molecule has 0 bridgehead atoms. The topological polar surface area (TPSA) is 154 Å². The maximum absolute atomic E-state index is 13.9. The Hall–Kier alpha value is -8.63. The van der Waals surface area contributed by atoms with Crippen LogP contribution in [0.2, 0.25) is 0 Å². The summed E-state index contributed by atoms with van der Waals surface area (Å²) < 4.78 is 23.7. The van der Waals surface area contributed by atoms with Crippen LogP contribution in [-0.2, 0) is 4.79 Å². The highest BCUT2D eigenvalue weighted by Gasteiger charge is 2.33. The number of methoxy groups -OCH3 is 2. The highest BCUT2D eigenvalue weighted by atomic mass is 16.5. The standard InChI is InChI=1S/C65H71N9O7/c1-6-80-60-40-50(21-24-56(60)68-65-66-41-58-61(69-65)70(2)57-13-8-7-12-54(57)64(77)71(58)3)73-36-28-46(29-37-73)63(76)74-34-26-43(27-35-74)42-72-32-30-52(31-33-72)81-51-22-16-45(17-23-51)44-14-19-49(20-15-44)67-62(75)48-18-25-59(79-5)55(39-48)47-10-9-11-53(38-47)78-4/h7-25,38-41,43,46,52H,6,26-37,42H2,1-5H3,(H,67,75)(H,66,68,69). The third-order valence-electron chi connectivity index (χ3n) is 16.4. The normalized spacial score (nSPS) is 16.3. The molecule has 3 amide bonds. The third-order valence-corrected chi connectivity index (χ3v) is 16.4. The quantitative estimate of drug-likeness (QED) is 0.0944. The highest BCUT2D eigenvalue weighted by Crippen LogP contribution is 2.40. The summed E-state index contributed by atoms with van der Waals surface area (Å²) in [6, 6.07) is 42.9. The average Bonchev–Trinajstić information content (AvgIpc) is 3.72. The molecule has 418 valence electrons. The van der Waals surface area contributed by atoms with Gasteiger partial charge in [-0.05, 0) is 147 Å². The van der Waals surface area contributed by atoms with Gasteiger partial charge in [0, 0.05) is 94.4 Å². The molecule has 3 fully saturated rings. The molecule has 5 heterocycles. The molecule has 0 spiro atoms. The number of rotatable bonds is 16. The minimum absolute atomic E-state index is 0.0336. The van der Waals surface area contributed by atoms with Crippen LogP contribution in [0, 0.1) is 11.8 Å². The lowest BCUT2D eigenvalue weighted by Crippen LogP contribution is -2.47. The summed E-state index contributed by atoms with van der Waals surface area (Å²) in [7, 11) is 6.90. The van der Waals surface area contributed by atoms with Gasteiger partial charge in [0.1, 0.15) is 34.8 Å². The fourth-order valence-electron chi connectivity index (χ4n) is 11.8. The lowest BCUT2D eigenvalue weighted by molar-refractivity contribution is -0.137. The predicted molar refractivity (Wildman–Crippen MR) is 319 cm³/mol. The zero-order valence-corrected chi connectivity index (χ0v) is 46.9. The molecule has 6 aromatic carbocycles. The SMILES string of the molecule is CCOc1cc(N2CCC(C(=O)N3CCC(CN4CCC(Oc5ccc(-c6ccc(NC(=O)c7ccc(OC)c(-c8cccc(OC)c8)c7)cc6)cc5)CC4)CC3)CC2)ccc1Nc1ncc2c(n1)N(C)c1ccccc1C(=O)N2C. The minimum atomic E-state index is -0.209. The molecule has 0 unspecified atom stereocenters. The molecular weight excluding hydrogens is 1020 g/mol. The molecule has 16 nitrogen and oxygen atoms in total. The van der Waals surface area contributed by atoms with Gasteiger partial charge in [0.15, 0.2) is 5.82 Å². The lowest BCUT2D eigenvalue weighted by atomic mass is 9.91. The van der Waals surface area contributed by atoms with E-state index in [1.54, 1.807) is 38.4 Å². The van der Waals surface area contributed by atoms with Crippen molar-refractivity contribution in [2.24, 2.45) is 11.8 Å². The Morgan fingerprint density at radius 1 is 0.654 bits per heavy atom. The largest absolute Gasteiger partial charge is 0.497 e. The first-order chi connectivity index (χ1) is 39.5. The van der Waals surface area contributed by atoms with Gasteiger partial charge in [-0.3, -0.25) is 14.4 Å². The van der Waals surface area contributed by atoms with Crippen LogP contribution in [0.25, 0.3) is 22.3 Å². The van der Waals surface area contributed by atoms with E-state index in [1.165, 1.54) is 0 Å². The zero-order chi connectivity index (χ0) is 56.0. The lowest BCUT2D eigenvalue weighted by Gasteiger charge is -2.40. The van der Waals surface area contributed by atoms with Crippen molar-refractivity contribution in [2.45, 2.75) is 51.6 Å². The highest BCUT2D eigenvalue weighted by molar-refractivity contribution is 6.13. The predicted octanol–water partition coefficient (Wildman–Crippen LogP) is 11.6. The second-order valence-corrected chi connectivity index (χ2v) is 21.4. The molecule has 81 heavy (non-hydrogen) atoms. The second kappa shape index (κ2) is 24.4. The van der Waals surface area contributed by atoms with E-state index in [0.717, 1.165) is 135 Å². The summed E-state index contributed by atoms with van der Waals surface area (Å²) in [6.07, 6.45) is 7.54. The summed E-state index contributed by atoms with van der Waals surface area (Å²) in [6.45, 7) is 8.80. The number of hydrogen-bond donors (Lipinski definition) is 2. The fraction of sp³-hybridized carbons (Fsp3) is 0.338. The zero-order valence-electron chi connectivity index (χ0n) is 46.9. The van der Waals surface area contributed by atoms with Gasteiger partial charge < -0.3 is 54.1 Å². The number of likely N-dealkylation sites (tertiary alicyclic amines) is 2. The molecule has 11 rings (SSSR count). The van der Waals surface area contributed by atoms with Crippen molar-refractivity contribution >= 4 is 57.9 Å². The molecule has 0 radical (unpaired) electrons. The number of hydrogen-bond acceptors (Lipinski definition) is 13. The Morgan fingerprint density at radius 3 is 2.12 bits per heavy atom. The number of carbonyl (C=O) groups is 3. The summed E-state index contributed by atoms with van der Waals surface area (Å²) in [5.74, 6) is 4.58. The van der Waals surface area contributed by atoms with Gasteiger partial charge in [0.25, 0.3) is 11.8 Å². The minimum Gasteiger partial charge on any atom is -0.497 e. The Bertz CT molecular complexity index is 3370. The number of nitrogens with one attached hydrogen (secondary N) is 2. The first kappa shape index (κ1) is 54.3. The van der Waals surface area contributed by atoms with E-state index in [1.807, 2.05) is 122 Å². The van der Waals surface area contributed by atoms with Gasteiger partial charge in [0.05, 0.1) is 44.0 Å². The average molecular weight is 1090 g/mol. The molecule has 4 aliphatic rings. The number of piperidine rings is 3. The van der Waals surface area contributed by atoms with Gasteiger partial charge >= 0.3 is 0 Å². The van der Waals surface area contributed by atoms with Crippen LogP contribution in [0.15, 0.2) is 140 Å². The molecule has 0 aliphatic carbocycles. The molecule has 0 atom stereocenters. The van der Waals surface area contributed by atoms with Crippen molar-refractivity contribution in [3.05, 3.63) is 151 Å². The van der Waals surface area contributed by atoms with Crippen LogP contribution in [0.4, 0.5) is 40.2 Å². The molecule has 16 heteroatoms. The van der Waals surface area contributed by atoms with Gasteiger partial charge in [-0.15, -0.1) is 0 Å². The molecule has 4 aliphatic heterocycles.